The molecular formula is C14H18O2. The minimum absolute atomic E-state index is 0.0335. The molecule has 0 unspecified atom stereocenters. The number of aliphatic hydroxyl groups excluding tert-OH is 2. The molecule has 0 spiro atoms. The predicted octanol–water partition coefficient (Wildman–Crippen LogP) is 2.74. The minimum Gasteiger partial charge on any atom is -0.392 e. The molecule has 2 N–H and O–H groups in total. The molecule has 0 aliphatic heterocycles. The van der Waals surface area contributed by atoms with Crippen LogP contribution in [0, 0.1) is 0 Å². The summed E-state index contributed by atoms with van der Waals surface area (Å²) in [6.45, 7) is 11.4. The van der Waals surface area contributed by atoms with Gasteiger partial charge in [0.1, 0.15) is 0 Å². The molecule has 0 aliphatic rings. The minimum atomic E-state index is -0.0335. The van der Waals surface area contributed by atoms with Gasteiger partial charge in [0.25, 0.3) is 0 Å². The Kier molecular flexibility index (Phi) is 4.05. The summed E-state index contributed by atoms with van der Waals surface area (Å²) in [4.78, 5) is 0. The molecule has 0 radical (unpaired) electrons. The molecule has 1 rings (SSSR count). The van der Waals surface area contributed by atoms with Crippen LogP contribution in [0.2, 0.25) is 0 Å². The first-order chi connectivity index (χ1) is 7.51. The second-order valence-corrected chi connectivity index (χ2v) is 4.04. The highest BCUT2D eigenvalue weighted by Crippen LogP contribution is 2.26. The molecule has 0 atom stereocenters. The van der Waals surface area contributed by atoms with E-state index in [1.165, 1.54) is 0 Å². The van der Waals surface area contributed by atoms with Crippen molar-refractivity contribution in [1.29, 1.82) is 0 Å². The largest absolute Gasteiger partial charge is 0.392 e. The Morgan fingerprint density at radius 1 is 0.938 bits per heavy atom. The number of hydrogen-bond donors (Lipinski definition) is 2. The Morgan fingerprint density at radius 3 is 1.44 bits per heavy atom. The third-order valence-corrected chi connectivity index (χ3v) is 2.59. The lowest BCUT2D eigenvalue weighted by molar-refractivity contribution is 0.277. The third kappa shape index (κ3) is 2.40. The van der Waals surface area contributed by atoms with Crippen LogP contribution in [0.25, 0.3) is 11.1 Å². The SMILES string of the molecule is C=C(C)c1cc(CO)c(C(=C)C)cc1CO. The van der Waals surface area contributed by atoms with Crippen molar-refractivity contribution in [3.63, 3.8) is 0 Å². The van der Waals surface area contributed by atoms with E-state index < -0.39 is 0 Å². The molecule has 1 aromatic carbocycles. The molecule has 1 aromatic rings. The molecule has 16 heavy (non-hydrogen) atoms. The van der Waals surface area contributed by atoms with Gasteiger partial charge in [-0.05, 0) is 48.2 Å². The number of aliphatic hydroxyl groups is 2. The number of rotatable bonds is 4. The maximum Gasteiger partial charge on any atom is 0.0687 e. The van der Waals surface area contributed by atoms with Crippen molar-refractivity contribution in [2.75, 3.05) is 0 Å². The van der Waals surface area contributed by atoms with Gasteiger partial charge in [-0.2, -0.15) is 0 Å². The second-order valence-electron chi connectivity index (χ2n) is 4.04. The standard InChI is InChI=1S/C14H18O2/c1-9(2)13-5-12(8-16)14(10(3)4)6-11(13)7-15/h5-6,15-16H,1,3,7-8H2,2,4H3. The predicted molar refractivity (Wildman–Crippen MR) is 67.7 cm³/mol. The summed E-state index contributed by atoms with van der Waals surface area (Å²) in [6, 6.07) is 3.75. The Hall–Kier alpha value is -1.38. The highest BCUT2D eigenvalue weighted by molar-refractivity contribution is 5.72. The summed E-state index contributed by atoms with van der Waals surface area (Å²) < 4.78 is 0. The molecule has 86 valence electrons. The lowest BCUT2D eigenvalue weighted by Crippen LogP contribution is -1.99. The summed E-state index contributed by atoms with van der Waals surface area (Å²) in [6.07, 6.45) is 0. The summed E-state index contributed by atoms with van der Waals surface area (Å²) in [7, 11) is 0. The van der Waals surface area contributed by atoms with E-state index in [-0.39, 0.29) is 13.2 Å². The smallest absolute Gasteiger partial charge is 0.0687 e. The van der Waals surface area contributed by atoms with E-state index in [1.54, 1.807) is 0 Å². The van der Waals surface area contributed by atoms with Crippen molar-refractivity contribution in [2.45, 2.75) is 27.1 Å². The van der Waals surface area contributed by atoms with Crippen LogP contribution in [-0.2, 0) is 13.2 Å². The van der Waals surface area contributed by atoms with E-state index in [2.05, 4.69) is 13.2 Å². The van der Waals surface area contributed by atoms with Crippen molar-refractivity contribution in [3.05, 3.63) is 47.5 Å². The summed E-state index contributed by atoms with van der Waals surface area (Å²) >= 11 is 0. The third-order valence-electron chi connectivity index (χ3n) is 2.59. The van der Waals surface area contributed by atoms with Crippen molar-refractivity contribution < 1.29 is 10.2 Å². The van der Waals surface area contributed by atoms with Gasteiger partial charge in [-0.3, -0.25) is 0 Å². The normalized spacial score (nSPS) is 10.2. The molecule has 0 fully saturated rings. The van der Waals surface area contributed by atoms with Crippen LogP contribution >= 0.6 is 0 Å². The number of benzene rings is 1. The average Bonchev–Trinajstić information content (AvgIpc) is 2.26. The summed E-state index contributed by atoms with van der Waals surface area (Å²) in [5, 5.41) is 18.6. The molecule has 0 aliphatic carbocycles. The van der Waals surface area contributed by atoms with Gasteiger partial charge < -0.3 is 10.2 Å². The molecular weight excluding hydrogens is 200 g/mol. The molecule has 0 saturated heterocycles. The number of hydrogen-bond acceptors (Lipinski definition) is 2. The maximum absolute atomic E-state index is 9.30. The van der Waals surface area contributed by atoms with Gasteiger partial charge in [0.05, 0.1) is 13.2 Å². The van der Waals surface area contributed by atoms with Crippen molar-refractivity contribution in [2.24, 2.45) is 0 Å². The van der Waals surface area contributed by atoms with E-state index in [1.807, 2.05) is 26.0 Å². The van der Waals surface area contributed by atoms with Gasteiger partial charge in [-0.15, -0.1) is 0 Å². The van der Waals surface area contributed by atoms with Crippen LogP contribution in [0.4, 0.5) is 0 Å². The van der Waals surface area contributed by atoms with Crippen molar-refractivity contribution >= 4 is 11.1 Å². The average molecular weight is 218 g/mol. The van der Waals surface area contributed by atoms with Crippen LogP contribution in [0.3, 0.4) is 0 Å². The molecule has 0 heterocycles. The molecule has 0 amide bonds. The fourth-order valence-corrected chi connectivity index (χ4v) is 1.75. The van der Waals surface area contributed by atoms with Crippen LogP contribution in [-0.4, -0.2) is 10.2 Å². The van der Waals surface area contributed by atoms with Gasteiger partial charge in [-0.1, -0.05) is 24.3 Å². The molecule has 0 saturated carbocycles. The molecule has 2 nitrogen and oxygen atoms in total. The zero-order valence-corrected chi connectivity index (χ0v) is 9.88. The van der Waals surface area contributed by atoms with Gasteiger partial charge in [0, 0.05) is 0 Å². The first kappa shape index (κ1) is 12.7. The summed E-state index contributed by atoms with van der Waals surface area (Å²) in [5.74, 6) is 0. The highest BCUT2D eigenvalue weighted by Gasteiger charge is 2.09. The highest BCUT2D eigenvalue weighted by atomic mass is 16.3. The van der Waals surface area contributed by atoms with E-state index in [0.29, 0.717) is 0 Å². The molecule has 0 bridgehead atoms. The maximum atomic E-state index is 9.30. The van der Waals surface area contributed by atoms with Gasteiger partial charge in [0.15, 0.2) is 0 Å². The monoisotopic (exact) mass is 218 g/mol. The van der Waals surface area contributed by atoms with Gasteiger partial charge >= 0.3 is 0 Å². The van der Waals surface area contributed by atoms with E-state index in [0.717, 1.165) is 33.4 Å². The Balaban J connectivity index is 3.46. The van der Waals surface area contributed by atoms with E-state index in [9.17, 15) is 10.2 Å². The van der Waals surface area contributed by atoms with Gasteiger partial charge in [0.2, 0.25) is 0 Å². The fraction of sp³-hybridized carbons (Fsp3) is 0.286. The van der Waals surface area contributed by atoms with E-state index >= 15 is 0 Å². The van der Waals surface area contributed by atoms with Crippen molar-refractivity contribution in [1.82, 2.24) is 0 Å². The lowest BCUT2D eigenvalue weighted by atomic mass is 9.93. The quantitative estimate of drug-likeness (QED) is 0.815. The van der Waals surface area contributed by atoms with Crippen LogP contribution < -0.4 is 0 Å². The zero-order chi connectivity index (χ0) is 12.3. The Bertz CT molecular complexity index is 389. The van der Waals surface area contributed by atoms with Crippen LogP contribution in [0.15, 0.2) is 25.3 Å². The summed E-state index contributed by atoms with van der Waals surface area (Å²) in [5.41, 5.74) is 5.21. The van der Waals surface area contributed by atoms with Crippen molar-refractivity contribution in [3.8, 4) is 0 Å². The lowest BCUT2D eigenvalue weighted by Gasteiger charge is -2.14. The fourth-order valence-electron chi connectivity index (χ4n) is 1.75. The molecule has 2 heteroatoms. The molecule has 0 aromatic heterocycles. The topological polar surface area (TPSA) is 40.5 Å². The Morgan fingerprint density at radius 2 is 1.25 bits per heavy atom. The van der Waals surface area contributed by atoms with Crippen LogP contribution in [0.5, 0.6) is 0 Å². The second kappa shape index (κ2) is 5.10. The zero-order valence-electron chi connectivity index (χ0n) is 9.88. The Labute approximate surface area is 96.6 Å². The first-order valence-electron chi connectivity index (χ1n) is 5.20. The van der Waals surface area contributed by atoms with Gasteiger partial charge in [-0.25, -0.2) is 0 Å². The van der Waals surface area contributed by atoms with E-state index in [4.69, 9.17) is 0 Å². The van der Waals surface area contributed by atoms with Crippen LogP contribution in [0.1, 0.15) is 36.1 Å². The first-order valence-corrected chi connectivity index (χ1v) is 5.20. The number of allylic oxidation sites excluding steroid dienone is 2.